The molecule has 1 fully saturated rings. The van der Waals surface area contributed by atoms with Gasteiger partial charge in [0.05, 0.1) is 32.6 Å². The van der Waals surface area contributed by atoms with E-state index in [1.807, 2.05) is 12.1 Å². The van der Waals surface area contributed by atoms with Crippen LogP contribution in [0, 0.1) is 24.5 Å². The molecule has 2 heterocycles. The van der Waals surface area contributed by atoms with E-state index in [4.69, 9.17) is 14.2 Å². The number of halogens is 2. The highest BCUT2D eigenvalue weighted by Crippen LogP contribution is 2.46. The topological polar surface area (TPSA) is 80.7 Å². The number of carbonyl (C=O) groups is 2. The third kappa shape index (κ3) is 6.69. The largest absolute Gasteiger partial charge is 0.496 e. The molecule has 8 nitrogen and oxygen atoms in total. The van der Waals surface area contributed by atoms with E-state index in [2.05, 4.69) is 53.2 Å². The van der Waals surface area contributed by atoms with Gasteiger partial charge in [-0.2, -0.15) is 4.99 Å². The molecule has 2 amide bonds. The van der Waals surface area contributed by atoms with Crippen molar-refractivity contribution in [1.29, 1.82) is 0 Å². The molecule has 2 aliphatic rings. The summed E-state index contributed by atoms with van der Waals surface area (Å²) >= 11 is 0. The van der Waals surface area contributed by atoms with Crippen molar-refractivity contribution in [2.75, 3.05) is 54.1 Å². The van der Waals surface area contributed by atoms with Crippen LogP contribution in [0.4, 0.5) is 13.6 Å². The lowest BCUT2D eigenvalue weighted by Crippen LogP contribution is -2.49. The summed E-state index contributed by atoms with van der Waals surface area (Å²) in [6, 6.07) is 18.8. The van der Waals surface area contributed by atoms with Crippen LogP contribution in [0.2, 0.25) is 0 Å². The van der Waals surface area contributed by atoms with Gasteiger partial charge in [-0.05, 0) is 75.1 Å². The minimum Gasteiger partial charge on any atom is -0.496 e. The molecule has 0 radical (unpaired) electrons. The average Bonchev–Trinajstić information content (AvgIpc) is 3.07. The number of aliphatic imine (C=N–C) groups is 1. The third-order valence-corrected chi connectivity index (χ3v) is 9.31. The van der Waals surface area contributed by atoms with E-state index >= 15 is 0 Å². The molecule has 0 spiro atoms. The van der Waals surface area contributed by atoms with Gasteiger partial charge in [-0.15, -0.1) is 0 Å². The van der Waals surface area contributed by atoms with Gasteiger partial charge in [0.15, 0.2) is 11.6 Å². The van der Waals surface area contributed by atoms with Crippen LogP contribution in [0.15, 0.2) is 71.7 Å². The summed E-state index contributed by atoms with van der Waals surface area (Å²) in [5, 5.41) is 0. The summed E-state index contributed by atoms with van der Waals surface area (Å²) in [5.41, 5.74) is 3.87. The summed E-state index contributed by atoms with van der Waals surface area (Å²) < 4.78 is 44.5. The zero-order valence-corrected chi connectivity index (χ0v) is 26.8. The fraction of sp³-hybridized carbons (Fsp3) is 0.417. The fourth-order valence-corrected chi connectivity index (χ4v) is 6.99. The molecular weight excluding hydrogens is 592 g/mol. The van der Waals surface area contributed by atoms with Crippen LogP contribution in [0.3, 0.4) is 0 Å². The lowest BCUT2D eigenvalue weighted by atomic mass is 9.67. The summed E-state index contributed by atoms with van der Waals surface area (Å²) in [7, 11) is 4.39. The van der Waals surface area contributed by atoms with Gasteiger partial charge in [-0.3, -0.25) is 4.79 Å². The fourth-order valence-electron chi connectivity index (χ4n) is 6.99. The predicted octanol–water partition coefficient (Wildman–Crippen LogP) is 6.11. The van der Waals surface area contributed by atoms with Crippen LogP contribution in [-0.2, 0) is 19.7 Å². The molecule has 0 aromatic heterocycles. The SMILES string of the molecule is COCC1=NC(=O)N(CCCN2CCC(c3ccccc3)(c3cc(C)ccc3OC)CC2)C(c2ccc(F)c(F)c2)C1C(=O)OC. The molecule has 0 saturated carbocycles. The number of piperidine rings is 1. The maximum Gasteiger partial charge on any atom is 0.344 e. The molecule has 0 bridgehead atoms. The van der Waals surface area contributed by atoms with E-state index in [0.717, 1.165) is 43.8 Å². The standard InChI is InChI=1S/C36H41F2N3O5/c1-24-11-14-31(45-3)27(21-24)36(26-9-6-5-7-10-26)15-19-40(20-16-36)17-8-18-41-33(25-12-13-28(37)29(38)22-25)32(34(42)46-4)30(23-44-2)39-35(41)43/h5-7,9-14,21-22,32-33H,8,15-20,23H2,1-4H3. The quantitative estimate of drug-likeness (QED) is 0.237. The minimum absolute atomic E-state index is 0.0812. The van der Waals surface area contributed by atoms with Crippen LogP contribution in [0.25, 0.3) is 0 Å². The van der Waals surface area contributed by atoms with Crippen molar-refractivity contribution in [2.24, 2.45) is 10.9 Å². The van der Waals surface area contributed by atoms with Crippen molar-refractivity contribution in [2.45, 2.75) is 37.6 Å². The smallest absolute Gasteiger partial charge is 0.344 e. The van der Waals surface area contributed by atoms with Crippen LogP contribution in [0.1, 0.15) is 47.6 Å². The first-order valence-electron chi connectivity index (χ1n) is 15.5. The Morgan fingerprint density at radius 1 is 0.957 bits per heavy atom. The number of rotatable bonds is 11. The van der Waals surface area contributed by atoms with Crippen LogP contribution >= 0.6 is 0 Å². The van der Waals surface area contributed by atoms with Gasteiger partial charge in [0.2, 0.25) is 0 Å². The lowest BCUT2D eigenvalue weighted by molar-refractivity contribution is -0.145. The van der Waals surface area contributed by atoms with E-state index < -0.39 is 35.6 Å². The van der Waals surface area contributed by atoms with Crippen LogP contribution in [-0.4, -0.2) is 81.6 Å². The van der Waals surface area contributed by atoms with Crippen molar-refractivity contribution in [1.82, 2.24) is 9.80 Å². The number of methoxy groups -OCH3 is 3. The number of hydrogen-bond acceptors (Lipinski definition) is 6. The number of nitrogens with zero attached hydrogens (tertiary/aromatic N) is 3. The first kappa shape index (κ1) is 33.2. The van der Waals surface area contributed by atoms with Gasteiger partial charge < -0.3 is 24.0 Å². The highest BCUT2D eigenvalue weighted by atomic mass is 19.2. The van der Waals surface area contributed by atoms with E-state index in [0.29, 0.717) is 13.0 Å². The van der Waals surface area contributed by atoms with Gasteiger partial charge in [0.1, 0.15) is 11.7 Å². The Balaban J connectivity index is 1.35. The molecule has 1 saturated heterocycles. The van der Waals surface area contributed by atoms with Gasteiger partial charge in [0.25, 0.3) is 0 Å². The summed E-state index contributed by atoms with van der Waals surface area (Å²) in [4.78, 5) is 34.4. The van der Waals surface area contributed by atoms with E-state index in [9.17, 15) is 18.4 Å². The number of carbonyl (C=O) groups excluding carboxylic acids is 2. The molecular formula is C36H41F2N3O5. The molecule has 5 rings (SSSR count). The maximum atomic E-state index is 14.4. The molecule has 244 valence electrons. The maximum absolute atomic E-state index is 14.4. The second kappa shape index (κ2) is 14.5. The zero-order chi connectivity index (χ0) is 32.8. The van der Waals surface area contributed by atoms with Gasteiger partial charge in [-0.1, -0.05) is 54.1 Å². The number of benzene rings is 3. The molecule has 0 N–H and O–H groups in total. The average molecular weight is 634 g/mol. The van der Waals surface area contributed by atoms with Crippen molar-refractivity contribution < 1.29 is 32.6 Å². The minimum atomic E-state index is -1.07. The Morgan fingerprint density at radius 3 is 2.35 bits per heavy atom. The van der Waals surface area contributed by atoms with Crippen molar-refractivity contribution in [3.8, 4) is 5.75 Å². The Morgan fingerprint density at radius 2 is 1.70 bits per heavy atom. The Hall–Kier alpha value is -4.15. The van der Waals surface area contributed by atoms with Crippen molar-refractivity contribution in [3.05, 3.63) is 101 Å². The van der Waals surface area contributed by atoms with Gasteiger partial charge in [-0.25, -0.2) is 13.6 Å². The molecule has 3 aromatic rings. The second-order valence-corrected chi connectivity index (χ2v) is 12.0. The normalized spacial score (nSPS) is 19.9. The number of esters is 1. The number of ether oxygens (including phenoxy) is 3. The molecule has 2 aliphatic heterocycles. The molecule has 10 heteroatoms. The molecule has 3 aromatic carbocycles. The zero-order valence-electron chi connectivity index (χ0n) is 26.8. The number of amides is 2. The van der Waals surface area contributed by atoms with E-state index in [1.54, 1.807) is 7.11 Å². The Kier molecular flexibility index (Phi) is 10.5. The summed E-state index contributed by atoms with van der Waals surface area (Å²) in [6.45, 7) is 4.62. The molecule has 2 unspecified atom stereocenters. The first-order chi connectivity index (χ1) is 22.2. The molecule has 46 heavy (non-hydrogen) atoms. The number of likely N-dealkylation sites (tertiary alicyclic amines) is 1. The highest BCUT2D eigenvalue weighted by Gasteiger charge is 2.45. The van der Waals surface area contributed by atoms with Gasteiger partial charge >= 0.3 is 12.0 Å². The predicted molar refractivity (Wildman–Crippen MR) is 171 cm³/mol. The molecule has 2 atom stereocenters. The third-order valence-electron chi connectivity index (χ3n) is 9.31. The summed E-state index contributed by atoms with van der Waals surface area (Å²) in [6.07, 6.45) is 2.35. The number of urea groups is 1. The van der Waals surface area contributed by atoms with Crippen molar-refractivity contribution >= 4 is 17.7 Å². The number of hydrogen-bond donors (Lipinski definition) is 0. The van der Waals surface area contributed by atoms with Gasteiger partial charge in [0, 0.05) is 24.6 Å². The van der Waals surface area contributed by atoms with E-state index in [-0.39, 0.29) is 29.8 Å². The second-order valence-electron chi connectivity index (χ2n) is 12.0. The molecule has 0 aliphatic carbocycles. The van der Waals surface area contributed by atoms with Crippen LogP contribution in [0.5, 0.6) is 5.75 Å². The lowest BCUT2D eigenvalue weighted by Gasteiger charge is -2.44. The highest BCUT2D eigenvalue weighted by molar-refractivity contribution is 6.09. The monoisotopic (exact) mass is 633 g/mol. The Labute approximate surface area is 269 Å². The van der Waals surface area contributed by atoms with Crippen molar-refractivity contribution in [3.63, 3.8) is 0 Å². The van der Waals surface area contributed by atoms with Crippen LogP contribution < -0.4 is 4.74 Å². The first-order valence-corrected chi connectivity index (χ1v) is 15.5. The Bertz CT molecular complexity index is 1570. The number of aryl methyl sites for hydroxylation is 1. The summed E-state index contributed by atoms with van der Waals surface area (Å²) in [5.74, 6) is -2.87. The van der Waals surface area contributed by atoms with E-state index in [1.165, 1.54) is 41.9 Å².